The second-order valence-corrected chi connectivity index (χ2v) is 7.16. The molecular formula is C22H22ClN3O4. The van der Waals surface area contributed by atoms with Crippen LogP contribution in [0.3, 0.4) is 0 Å². The van der Waals surface area contributed by atoms with Gasteiger partial charge in [0.2, 0.25) is 11.8 Å². The first-order valence-electron chi connectivity index (χ1n) is 9.44. The van der Waals surface area contributed by atoms with Gasteiger partial charge in [0.1, 0.15) is 5.75 Å². The number of amides is 3. The van der Waals surface area contributed by atoms with Crippen molar-refractivity contribution >= 4 is 40.7 Å². The number of hydrogen-bond donors (Lipinski definition) is 2. The Balaban J connectivity index is 1.53. The SMILES string of the molecule is C=CCNC(=O)C1CC(=O)N(c2ccc(OCC(=O)Nc3ccccc3Cl)cc2)C1. The predicted octanol–water partition coefficient (Wildman–Crippen LogP) is 3.01. The lowest BCUT2D eigenvalue weighted by atomic mass is 10.1. The maximum atomic E-state index is 12.3. The van der Waals surface area contributed by atoms with Crippen molar-refractivity contribution in [1.82, 2.24) is 5.32 Å². The van der Waals surface area contributed by atoms with E-state index in [0.29, 0.717) is 35.2 Å². The van der Waals surface area contributed by atoms with Crippen LogP contribution in [-0.2, 0) is 14.4 Å². The van der Waals surface area contributed by atoms with Gasteiger partial charge in [-0.05, 0) is 36.4 Å². The quantitative estimate of drug-likeness (QED) is 0.634. The first-order valence-corrected chi connectivity index (χ1v) is 9.82. The topological polar surface area (TPSA) is 87.7 Å². The molecule has 8 heteroatoms. The maximum Gasteiger partial charge on any atom is 0.262 e. The van der Waals surface area contributed by atoms with Gasteiger partial charge in [0.25, 0.3) is 5.91 Å². The van der Waals surface area contributed by atoms with Gasteiger partial charge in [-0.3, -0.25) is 14.4 Å². The molecule has 1 atom stereocenters. The number of rotatable bonds is 8. The van der Waals surface area contributed by atoms with E-state index in [1.165, 1.54) is 0 Å². The summed E-state index contributed by atoms with van der Waals surface area (Å²) in [6, 6.07) is 13.7. The summed E-state index contributed by atoms with van der Waals surface area (Å²) in [5.41, 5.74) is 1.19. The highest BCUT2D eigenvalue weighted by molar-refractivity contribution is 6.33. The van der Waals surface area contributed by atoms with Crippen LogP contribution in [0.4, 0.5) is 11.4 Å². The molecule has 30 heavy (non-hydrogen) atoms. The van der Waals surface area contributed by atoms with E-state index < -0.39 is 0 Å². The molecule has 0 spiro atoms. The van der Waals surface area contributed by atoms with E-state index in [9.17, 15) is 14.4 Å². The molecule has 3 amide bonds. The van der Waals surface area contributed by atoms with Crippen molar-refractivity contribution in [3.8, 4) is 5.75 Å². The molecule has 2 N–H and O–H groups in total. The smallest absolute Gasteiger partial charge is 0.262 e. The average Bonchev–Trinajstić information content (AvgIpc) is 3.14. The van der Waals surface area contributed by atoms with Crippen molar-refractivity contribution in [3.05, 3.63) is 66.2 Å². The number of para-hydroxylation sites is 1. The van der Waals surface area contributed by atoms with E-state index in [2.05, 4.69) is 17.2 Å². The van der Waals surface area contributed by atoms with Gasteiger partial charge in [0, 0.05) is 25.2 Å². The molecule has 1 unspecified atom stereocenters. The molecule has 156 valence electrons. The summed E-state index contributed by atoms with van der Waals surface area (Å²) in [6.07, 6.45) is 1.77. The van der Waals surface area contributed by atoms with Crippen LogP contribution in [0.15, 0.2) is 61.2 Å². The van der Waals surface area contributed by atoms with Crippen LogP contribution in [-0.4, -0.2) is 37.4 Å². The Kier molecular flexibility index (Phi) is 7.08. The minimum absolute atomic E-state index is 0.110. The zero-order valence-corrected chi connectivity index (χ0v) is 17.0. The number of nitrogens with one attached hydrogen (secondary N) is 2. The Morgan fingerprint density at radius 3 is 2.63 bits per heavy atom. The fourth-order valence-corrected chi connectivity index (χ4v) is 3.25. The standard InChI is InChI=1S/C22H22ClN3O4/c1-2-11-24-22(29)15-12-21(28)26(13-15)16-7-9-17(10-8-16)30-14-20(27)25-19-6-4-3-5-18(19)23/h2-10,15H,1,11-14H2,(H,24,29)(H,25,27). The molecule has 3 rings (SSSR count). The summed E-state index contributed by atoms with van der Waals surface area (Å²) < 4.78 is 5.50. The highest BCUT2D eigenvalue weighted by atomic mass is 35.5. The molecule has 1 saturated heterocycles. The molecule has 1 aliphatic rings. The number of benzene rings is 2. The molecule has 1 aliphatic heterocycles. The Morgan fingerprint density at radius 1 is 1.20 bits per heavy atom. The van der Waals surface area contributed by atoms with Gasteiger partial charge in [-0.25, -0.2) is 0 Å². The third-order valence-electron chi connectivity index (χ3n) is 4.58. The Labute approximate surface area is 179 Å². The van der Waals surface area contributed by atoms with Crippen molar-refractivity contribution < 1.29 is 19.1 Å². The second kappa shape index (κ2) is 9.93. The minimum atomic E-state index is -0.387. The summed E-state index contributed by atoms with van der Waals surface area (Å²) in [7, 11) is 0. The summed E-state index contributed by atoms with van der Waals surface area (Å²) >= 11 is 6.01. The molecule has 1 heterocycles. The summed E-state index contributed by atoms with van der Waals surface area (Å²) in [6.45, 7) is 4.08. The molecule has 1 fully saturated rings. The fourth-order valence-electron chi connectivity index (χ4n) is 3.07. The van der Waals surface area contributed by atoms with E-state index in [0.717, 1.165) is 0 Å². The zero-order chi connectivity index (χ0) is 21.5. The normalized spacial score (nSPS) is 15.6. The van der Waals surface area contributed by atoms with E-state index >= 15 is 0 Å². The second-order valence-electron chi connectivity index (χ2n) is 6.75. The molecule has 7 nitrogen and oxygen atoms in total. The first-order chi connectivity index (χ1) is 14.5. The van der Waals surface area contributed by atoms with Crippen molar-refractivity contribution in [2.75, 3.05) is 29.9 Å². The largest absolute Gasteiger partial charge is 0.484 e. The number of hydrogen-bond acceptors (Lipinski definition) is 4. The van der Waals surface area contributed by atoms with Crippen molar-refractivity contribution in [1.29, 1.82) is 0 Å². The summed E-state index contributed by atoms with van der Waals surface area (Å²) in [5.74, 6) is -0.506. The Morgan fingerprint density at radius 2 is 1.93 bits per heavy atom. The fraction of sp³-hybridized carbons (Fsp3) is 0.227. The lowest BCUT2D eigenvalue weighted by Gasteiger charge is -2.17. The number of carbonyl (C=O) groups excluding carboxylic acids is 3. The minimum Gasteiger partial charge on any atom is -0.484 e. The van der Waals surface area contributed by atoms with Gasteiger partial charge in [-0.2, -0.15) is 0 Å². The van der Waals surface area contributed by atoms with Gasteiger partial charge < -0.3 is 20.3 Å². The number of ether oxygens (including phenoxy) is 1. The van der Waals surface area contributed by atoms with Crippen LogP contribution in [0.25, 0.3) is 0 Å². The van der Waals surface area contributed by atoms with Crippen molar-refractivity contribution in [3.63, 3.8) is 0 Å². The van der Waals surface area contributed by atoms with E-state index in [-0.39, 0.29) is 36.7 Å². The highest BCUT2D eigenvalue weighted by Gasteiger charge is 2.34. The summed E-state index contributed by atoms with van der Waals surface area (Å²) in [4.78, 5) is 38.0. The Hall–Kier alpha value is -3.32. The van der Waals surface area contributed by atoms with Crippen LogP contribution in [0.1, 0.15) is 6.42 Å². The molecule has 0 saturated carbocycles. The van der Waals surface area contributed by atoms with E-state index in [1.54, 1.807) is 59.5 Å². The van der Waals surface area contributed by atoms with Gasteiger partial charge in [0.15, 0.2) is 6.61 Å². The predicted molar refractivity (Wildman–Crippen MR) is 116 cm³/mol. The van der Waals surface area contributed by atoms with Crippen molar-refractivity contribution in [2.24, 2.45) is 5.92 Å². The van der Waals surface area contributed by atoms with Crippen LogP contribution >= 0.6 is 11.6 Å². The maximum absolute atomic E-state index is 12.3. The van der Waals surface area contributed by atoms with Gasteiger partial charge in [0.05, 0.1) is 16.6 Å². The zero-order valence-electron chi connectivity index (χ0n) is 16.3. The number of halogens is 1. The molecule has 0 aromatic heterocycles. The van der Waals surface area contributed by atoms with Gasteiger partial charge in [-0.1, -0.05) is 29.8 Å². The van der Waals surface area contributed by atoms with Gasteiger partial charge >= 0.3 is 0 Å². The van der Waals surface area contributed by atoms with E-state index in [1.807, 2.05) is 0 Å². The number of carbonyl (C=O) groups is 3. The molecule has 0 aliphatic carbocycles. The lowest BCUT2D eigenvalue weighted by Crippen LogP contribution is -2.32. The highest BCUT2D eigenvalue weighted by Crippen LogP contribution is 2.27. The number of anilines is 2. The monoisotopic (exact) mass is 427 g/mol. The van der Waals surface area contributed by atoms with Crippen LogP contribution in [0, 0.1) is 5.92 Å². The third kappa shape index (κ3) is 5.39. The molecule has 0 radical (unpaired) electrons. The number of nitrogens with zero attached hydrogens (tertiary/aromatic N) is 1. The van der Waals surface area contributed by atoms with Crippen LogP contribution < -0.4 is 20.3 Å². The van der Waals surface area contributed by atoms with Crippen molar-refractivity contribution in [2.45, 2.75) is 6.42 Å². The molecule has 0 bridgehead atoms. The third-order valence-corrected chi connectivity index (χ3v) is 4.91. The lowest BCUT2D eigenvalue weighted by molar-refractivity contribution is -0.126. The average molecular weight is 428 g/mol. The molecule has 2 aromatic rings. The first kappa shape index (κ1) is 21.4. The summed E-state index contributed by atoms with van der Waals surface area (Å²) in [5, 5.41) is 5.85. The Bertz CT molecular complexity index is 946. The molecular weight excluding hydrogens is 406 g/mol. The van der Waals surface area contributed by atoms with Crippen LogP contribution in [0.2, 0.25) is 5.02 Å². The molecule has 2 aromatic carbocycles. The van der Waals surface area contributed by atoms with E-state index in [4.69, 9.17) is 16.3 Å². The van der Waals surface area contributed by atoms with Gasteiger partial charge in [-0.15, -0.1) is 6.58 Å². The van der Waals surface area contributed by atoms with Crippen LogP contribution in [0.5, 0.6) is 5.75 Å².